The first-order valence-electron chi connectivity index (χ1n) is 9.71. The Balaban J connectivity index is 1.91. The number of fused-ring (bicyclic) bond motifs is 3. The van der Waals surface area contributed by atoms with E-state index >= 15 is 0 Å². The number of esters is 1. The fraction of sp³-hybridized carbons (Fsp3) is 0.600. The lowest BCUT2D eigenvalue weighted by Crippen LogP contribution is -2.36. The van der Waals surface area contributed by atoms with Crippen LogP contribution in [0.2, 0.25) is 0 Å². The molecule has 7 heteroatoms. The number of rotatable bonds is 3. The standard InChI is InChI=1S/C20H27N3O3S/c1-4-25-19(24)16-15(21)14-12-10-20(2,3)26-11-13(12)17(22-18(14)27-16)23-8-6-5-7-9-23/h4-11,21H2,1-3H3. The molecule has 4 heterocycles. The van der Waals surface area contributed by atoms with Crippen molar-refractivity contribution in [2.24, 2.45) is 0 Å². The number of aromatic nitrogens is 1. The van der Waals surface area contributed by atoms with E-state index in [4.69, 9.17) is 20.2 Å². The molecular formula is C20H27N3O3S. The van der Waals surface area contributed by atoms with Crippen molar-refractivity contribution in [3.8, 4) is 0 Å². The summed E-state index contributed by atoms with van der Waals surface area (Å²) in [5.74, 6) is 0.641. The lowest BCUT2D eigenvalue weighted by atomic mass is 9.89. The van der Waals surface area contributed by atoms with Gasteiger partial charge in [0, 0.05) is 30.5 Å². The Labute approximate surface area is 163 Å². The van der Waals surface area contributed by atoms with E-state index in [2.05, 4.69) is 18.7 Å². The molecule has 0 bridgehead atoms. The van der Waals surface area contributed by atoms with Crippen molar-refractivity contribution in [2.45, 2.75) is 58.7 Å². The van der Waals surface area contributed by atoms with Gasteiger partial charge in [-0.3, -0.25) is 0 Å². The predicted octanol–water partition coefficient (Wildman–Crippen LogP) is 3.90. The number of carbonyl (C=O) groups is 1. The summed E-state index contributed by atoms with van der Waals surface area (Å²) in [6.45, 7) is 8.88. The molecule has 0 radical (unpaired) electrons. The Hall–Kier alpha value is -1.86. The van der Waals surface area contributed by atoms with Gasteiger partial charge >= 0.3 is 5.97 Å². The first kappa shape index (κ1) is 18.5. The van der Waals surface area contributed by atoms with E-state index in [0.717, 1.165) is 41.1 Å². The summed E-state index contributed by atoms with van der Waals surface area (Å²) in [4.78, 5) is 21.0. The van der Waals surface area contributed by atoms with E-state index in [1.54, 1.807) is 6.92 Å². The molecule has 1 fully saturated rings. The first-order valence-corrected chi connectivity index (χ1v) is 10.5. The van der Waals surface area contributed by atoms with E-state index in [0.29, 0.717) is 23.8 Å². The highest BCUT2D eigenvalue weighted by molar-refractivity contribution is 7.21. The molecule has 0 spiro atoms. The summed E-state index contributed by atoms with van der Waals surface area (Å²) < 4.78 is 11.3. The second-order valence-corrected chi connectivity index (χ2v) is 8.91. The maximum absolute atomic E-state index is 12.4. The van der Waals surface area contributed by atoms with E-state index in [1.807, 2.05) is 0 Å². The smallest absolute Gasteiger partial charge is 0.350 e. The largest absolute Gasteiger partial charge is 0.462 e. The van der Waals surface area contributed by atoms with Crippen LogP contribution in [0.4, 0.5) is 11.5 Å². The molecule has 2 aliphatic rings. The molecule has 2 aliphatic heterocycles. The van der Waals surface area contributed by atoms with Crippen molar-refractivity contribution in [1.82, 2.24) is 4.98 Å². The number of carbonyl (C=O) groups excluding carboxylic acids is 1. The topological polar surface area (TPSA) is 77.7 Å². The van der Waals surface area contributed by atoms with Crippen molar-refractivity contribution in [3.05, 3.63) is 16.0 Å². The number of hydrogen-bond donors (Lipinski definition) is 1. The first-order chi connectivity index (χ1) is 12.9. The van der Waals surface area contributed by atoms with Gasteiger partial charge in [-0.05, 0) is 45.6 Å². The molecule has 2 N–H and O–H groups in total. The molecule has 6 nitrogen and oxygen atoms in total. The van der Waals surface area contributed by atoms with Crippen LogP contribution >= 0.6 is 11.3 Å². The Morgan fingerprint density at radius 3 is 2.74 bits per heavy atom. The quantitative estimate of drug-likeness (QED) is 0.802. The van der Waals surface area contributed by atoms with Gasteiger partial charge in [0.05, 0.1) is 24.5 Å². The number of nitrogens with zero attached hydrogens (tertiary/aromatic N) is 2. The minimum absolute atomic E-state index is 0.265. The highest BCUT2D eigenvalue weighted by Crippen LogP contribution is 2.44. The molecule has 0 unspecified atom stereocenters. The van der Waals surface area contributed by atoms with E-state index in [1.165, 1.54) is 36.2 Å². The summed E-state index contributed by atoms with van der Waals surface area (Å²) >= 11 is 1.34. The monoisotopic (exact) mass is 389 g/mol. The minimum Gasteiger partial charge on any atom is -0.462 e. The van der Waals surface area contributed by atoms with Gasteiger partial charge in [-0.2, -0.15) is 0 Å². The zero-order valence-electron chi connectivity index (χ0n) is 16.3. The molecule has 2 aromatic rings. The van der Waals surface area contributed by atoms with Crippen molar-refractivity contribution in [3.63, 3.8) is 0 Å². The van der Waals surface area contributed by atoms with Gasteiger partial charge in [-0.25, -0.2) is 9.78 Å². The normalized spacial score (nSPS) is 19.1. The van der Waals surface area contributed by atoms with Crippen molar-refractivity contribution in [1.29, 1.82) is 0 Å². The van der Waals surface area contributed by atoms with Gasteiger partial charge < -0.3 is 20.1 Å². The lowest BCUT2D eigenvalue weighted by molar-refractivity contribution is -0.0395. The summed E-state index contributed by atoms with van der Waals surface area (Å²) in [6, 6.07) is 0. The van der Waals surface area contributed by atoms with Crippen LogP contribution in [0.1, 0.15) is 60.8 Å². The number of pyridine rings is 1. The molecule has 0 saturated carbocycles. The second-order valence-electron chi connectivity index (χ2n) is 7.91. The molecule has 1 saturated heterocycles. The van der Waals surface area contributed by atoms with Crippen LogP contribution < -0.4 is 10.6 Å². The summed E-state index contributed by atoms with van der Waals surface area (Å²) in [5, 5.41) is 0.912. The number of nitrogen functional groups attached to an aromatic ring is 1. The van der Waals surface area contributed by atoms with Crippen LogP contribution in [0.5, 0.6) is 0 Å². The van der Waals surface area contributed by atoms with Crippen LogP contribution in [0.25, 0.3) is 10.2 Å². The molecule has 0 amide bonds. The number of hydrogen-bond acceptors (Lipinski definition) is 7. The van der Waals surface area contributed by atoms with Crippen LogP contribution in [0, 0.1) is 0 Å². The minimum atomic E-state index is -0.363. The SMILES string of the molecule is CCOC(=O)c1sc2nc(N3CCCCC3)c3c(c2c1N)CC(C)(C)OC3. The number of nitrogens with two attached hydrogens (primary N) is 1. The maximum atomic E-state index is 12.4. The van der Waals surface area contributed by atoms with E-state index < -0.39 is 0 Å². The average Bonchev–Trinajstić information content (AvgIpc) is 2.98. The fourth-order valence-electron chi connectivity index (χ4n) is 4.06. The zero-order chi connectivity index (χ0) is 19.2. The van der Waals surface area contributed by atoms with Crippen LogP contribution in [0.3, 0.4) is 0 Å². The van der Waals surface area contributed by atoms with Gasteiger partial charge in [0.1, 0.15) is 15.5 Å². The van der Waals surface area contributed by atoms with Gasteiger partial charge in [0.25, 0.3) is 0 Å². The summed E-state index contributed by atoms with van der Waals surface area (Å²) in [7, 11) is 0. The maximum Gasteiger partial charge on any atom is 0.350 e. The highest BCUT2D eigenvalue weighted by atomic mass is 32.1. The number of ether oxygens (including phenoxy) is 2. The number of piperidine rings is 1. The molecule has 0 atom stereocenters. The lowest BCUT2D eigenvalue weighted by Gasteiger charge is -2.36. The van der Waals surface area contributed by atoms with Gasteiger partial charge in [0.15, 0.2) is 0 Å². The van der Waals surface area contributed by atoms with Gasteiger partial charge in [-0.15, -0.1) is 11.3 Å². The molecule has 146 valence electrons. The Bertz CT molecular complexity index is 884. The Morgan fingerprint density at radius 1 is 1.30 bits per heavy atom. The van der Waals surface area contributed by atoms with E-state index in [9.17, 15) is 4.79 Å². The van der Waals surface area contributed by atoms with Gasteiger partial charge in [-0.1, -0.05) is 0 Å². The molecule has 27 heavy (non-hydrogen) atoms. The van der Waals surface area contributed by atoms with Crippen molar-refractivity contribution >= 4 is 39.0 Å². The third kappa shape index (κ3) is 3.27. The Kier molecular flexibility index (Phi) is 4.76. The number of thiophene rings is 1. The predicted molar refractivity (Wildman–Crippen MR) is 109 cm³/mol. The van der Waals surface area contributed by atoms with Gasteiger partial charge in [0.2, 0.25) is 0 Å². The van der Waals surface area contributed by atoms with Crippen LogP contribution in [0.15, 0.2) is 0 Å². The van der Waals surface area contributed by atoms with E-state index in [-0.39, 0.29) is 11.6 Å². The Morgan fingerprint density at radius 2 is 2.04 bits per heavy atom. The third-order valence-corrected chi connectivity index (χ3v) is 6.48. The van der Waals surface area contributed by atoms with Crippen LogP contribution in [-0.2, 0) is 22.5 Å². The van der Waals surface area contributed by atoms with Crippen molar-refractivity contribution in [2.75, 3.05) is 30.3 Å². The molecule has 4 rings (SSSR count). The zero-order valence-corrected chi connectivity index (χ0v) is 17.1. The van der Waals surface area contributed by atoms with Crippen molar-refractivity contribution < 1.29 is 14.3 Å². The van der Waals surface area contributed by atoms with Crippen LogP contribution in [-0.4, -0.2) is 36.3 Å². The number of anilines is 2. The highest BCUT2D eigenvalue weighted by Gasteiger charge is 2.34. The third-order valence-electron chi connectivity index (χ3n) is 5.40. The summed E-state index contributed by atoms with van der Waals surface area (Å²) in [6.07, 6.45) is 4.39. The molecular weight excluding hydrogens is 362 g/mol. The molecule has 0 aromatic carbocycles. The molecule has 0 aliphatic carbocycles. The average molecular weight is 390 g/mol. The fourth-order valence-corrected chi connectivity index (χ4v) is 5.07. The second kappa shape index (κ2) is 6.95. The summed E-state index contributed by atoms with van der Waals surface area (Å²) in [5.41, 5.74) is 8.97. The molecule has 2 aromatic heterocycles.